The standard InChI is InChI=1S/C13H18N4O/c1-2-11-4-3-5-12(8-11)14-9-13-10-17(6-7-18)16-15-13/h3-5,8,10,14,18H,2,6-7,9H2,1H3. The minimum atomic E-state index is 0.0781. The van der Waals surface area contributed by atoms with Crippen molar-refractivity contribution >= 4 is 5.69 Å². The predicted octanol–water partition coefficient (Wildman–Crippen LogP) is 1.44. The fourth-order valence-corrected chi connectivity index (χ4v) is 1.73. The summed E-state index contributed by atoms with van der Waals surface area (Å²) in [4.78, 5) is 0. The zero-order valence-corrected chi connectivity index (χ0v) is 10.5. The van der Waals surface area contributed by atoms with Crippen molar-refractivity contribution < 1.29 is 5.11 Å². The van der Waals surface area contributed by atoms with Crippen LogP contribution in [0.15, 0.2) is 30.5 Å². The molecule has 0 bridgehead atoms. The van der Waals surface area contributed by atoms with Crippen molar-refractivity contribution in [1.82, 2.24) is 15.0 Å². The van der Waals surface area contributed by atoms with E-state index in [1.807, 2.05) is 18.3 Å². The zero-order chi connectivity index (χ0) is 12.8. The van der Waals surface area contributed by atoms with Crippen LogP contribution < -0.4 is 5.32 Å². The second-order valence-corrected chi connectivity index (χ2v) is 4.10. The van der Waals surface area contributed by atoms with E-state index < -0.39 is 0 Å². The average Bonchev–Trinajstić information content (AvgIpc) is 2.85. The second kappa shape index (κ2) is 6.16. The summed E-state index contributed by atoms with van der Waals surface area (Å²) in [5.74, 6) is 0. The average molecular weight is 246 g/mol. The predicted molar refractivity (Wildman–Crippen MR) is 70.3 cm³/mol. The molecule has 0 radical (unpaired) electrons. The molecule has 0 atom stereocenters. The first-order chi connectivity index (χ1) is 8.81. The Kier molecular flexibility index (Phi) is 4.30. The Bertz CT molecular complexity index is 495. The van der Waals surface area contributed by atoms with Crippen LogP contribution in [-0.4, -0.2) is 26.7 Å². The SMILES string of the molecule is CCc1cccc(NCc2cn(CCO)nn2)c1. The Morgan fingerprint density at radius 3 is 3.06 bits per heavy atom. The van der Waals surface area contributed by atoms with Gasteiger partial charge in [0.25, 0.3) is 0 Å². The highest BCUT2D eigenvalue weighted by Crippen LogP contribution is 2.11. The summed E-state index contributed by atoms with van der Waals surface area (Å²) in [5.41, 5.74) is 3.26. The number of hydrogen-bond acceptors (Lipinski definition) is 4. The number of hydrogen-bond donors (Lipinski definition) is 2. The topological polar surface area (TPSA) is 63.0 Å². The van der Waals surface area contributed by atoms with Gasteiger partial charge in [-0.25, -0.2) is 4.68 Å². The van der Waals surface area contributed by atoms with E-state index >= 15 is 0 Å². The van der Waals surface area contributed by atoms with Crippen LogP contribution >= 0.6 is 0 Å². The first kappa shape index (κ1) is 12.6. The molecule has 0 spiro atoms. The number of benzene rings is 1. The number of aliphatic hydroxyl groups is 1. The van der Waals surface area contributed by atoms with Gasteiger partial charge in [-0.15, -0.1) is 5.10 Å². The van der Waals surface area contributed by atoms with Gasteiger partial charge in [0.05, 0.1) is 25.9 Å². The van der Waals surface area contributed by atoms with Crippen molar-refractivity contribution in [3.63, 3.8) is 0 Å². The molecule has 0 saturated carbocycles. The Labute approximate surface area is 106 Å². The number of nitrogens with one attached hydrogen (secondary N) is 1. The summed E-state index contributed by atoms with van der Waals surface area (Å²) in [6.45, 7) is 3.34. The molecule has 2 rings (SSSR count). The Balaban J connectivity index is 1.93. The van der Waals surface area contributed by atoms with E-state index in [1.165, 1.54) is 5.56 Å². The van der Waals surface area contributed by atoms with Gasteiger partial charge in [0.15, 0.2) is 0 Å². The van der Waals surface area contributed by atoms with E-state index in [-0.39, 0.29) is 6.61 Å². The summed E-state index contributed by atoms with van der Waals surface area (Å²) >= 11 is 0. The highest BCUT2D eigenvalue weighted by molar-refractivity contribution is 5.45. The monoisotopic (exact) mass is 246 g/mol. The van der Waals surface area contributed by atoms with E-state index in [4.69, 9.17) is 5.11 Å². The number of anilines is 1. The lowest BCUT2D eigenvalue weighted by Gasteiger charge is -2.05. The van der Waals surface area contributed by atoms with Crippen LogP contribution in [0, 0.1) is 0 Å². The number of aryl methyl sites for hydroxylation is 1. The maximum Gasteiger partial charge on any atom is 0.102 e. The Morgan fingerprint density at radius 2 is 2.28 bits per heavy atom. The number of nitrogens with zero attached hydrogens (tertiary/aromatic N) is 3. The molecule has 96 valence electrons. The Morgan fingerprint density at radius 1 is 1.39 bits per heavy atom. The summed E-state index contributed by atoms with van der Waals surface area (Å²) in [5, 5.41) is 20.1. The van der Waals surface area contributed by atoms with Gasteiger partial charge in [-0.05, 0) is 24.1 Å². The molecular formula is C13H18N4O. The summed E-state index contributed by atoms with van der Waals surface area (Å²) in [6.07, 6.45) is 2.87. The van der Waals surface area contributed by atoms with Crippen molar-refractivity contribution in [3.8, 4) is 0 Å². The van der Waals surface area contributed by atoms with Crippen LogP contribution in [0.5, 0.6) is 0 Å². The van der Waals surface area contributed by atoms with Gasteiger partial charge in [-0.2, -0.15) is 0 Å². The van der Waals surface area contributed by atoms with Gasteiger partial charge >= 0.3 is 0 Å². The third-order valence-corrected chi connectivity index (χ3v) is 2.72. The van der Waals surface area contributed by atoms with Gasteiger partial charge in [0.1, 0.15) is 5.69 Å². The first-order valence-corrected chi connectivity index (χ1v) is 6.14. The lowest BCUT2D eigenvalue weighted by atomic mass is 10.1. The molecule has 1 heterocycles. The highest BCUT2D eigenvalue weighted by Gasteiger charge is 2.00. The fraction of sp³-hybridized carbons (Fsp3) is 0.385. The molecule has 0 aliphatic carbocycles. The third-order valence-electron chi connectivity index (χ3n) is 2.72. The number of aliphatic hydroxyl groups excluding tert-OH is 1. The number of rotatable bonds is 6. The summed E-state index contributed by atoms with van der Waals surface area (Å²) < 4.78 is 1.64. The van der Waals surface area contributed by atoms with Gasteiger partial charge in [-0.1, -0.05) is 24.3 Å². The molecule has 1 aromatic carbocycles. The van der Waals surface area contributed by atoms with Crippen molar-refractivity contribution in [3.05, 3.63) is 41.7 Å². The maximum atomic E-state index is 8.79. The van der Waals surface area contributed by atoms with Crippen molar-refractivity contribution in [2.75, 3.05) is 11.9 Å². The van der Waals surface area contributed by atoms with Crippen LogP contribution in [0.4, 0.5) is 5.69 Å². The fourth-order valence-electron chi connectivity index (χ4n) is 1.73. The van der Waals surface area contributed by atoms with Crippen molar-refractivity contribution in [2.45, 2.75) is 26.4 Å². The van der Waals surface area contributed by atoms with Crippen LogP contribution in [-0.2, 0) is 19.5 Å². The van der Waals surface area contributed by atoms with Crippen LogP contribution in [0.25, 0.3) is 0 Å². The largest absolute Gasteiger partial charge is 0.394 e. The van der Waals surface area contributed by atoms with Crippen LogP contribution in [0.2, 0.25) is 0 Å². The molecule has 5 nitrogen and oxygen atoms in total. The molecule has 0 aliphatic heterocycles. The van der Waals surface area contributed by atoms with E-state index in [1.54, 1.807) is 4.68 Å². The molecule has 18 heavy (non-hydrogen) atoms. The molecular weight excluding hydrogens is 228 g/mol. The molecule has 0 saturated heterocycles. The molecule has 5 heteroatoms. The minimum absolute atomic E-state index is 0.0781. The van der Waals surface area contributed by atoms with E-state index in [0.717, 1.165) is 17.8 Å². The van der Waals surface area contributed by atoms with Crippen LogP contribution in [0.3, 0.4) is 0 Å². The minimum Gasteiger partial charge on any atom is -0.394 e. The molecule has 0 aliphatic rings. The molecule has 0 unspecified atom stereocenters. The quantitative estimate of drug-likeness (QED) is 0.809. The maximum absolute atomic E-state index is 8.79. The summed E-state index contributed by atoms with van der Waals surface area (Å²) in [7, 11) is 0. The molecule has 0 amide bonds. The van der Waals surface area contributed by atoms with Crippen LogP contribution in [0.1, 0.15) is 18.2 Å². The summed E-state index contributed by atoms with van der Waals surface area (Å²) in [6, 6.07) is 8.34. The van der Waals surface area contributed by atoms with Gasteiger partial charge in [-0.3, -0.25) is 0 Å². The smallest absolute Gasteiger partial charge is 0.102 e. The third kappa shape index (κ3) is 3.30. The van der Waals surface area contributed by atoms with Crippen molar-refractivity contribution in [1.29, 1.82) is 0 Å². The second-order valence-electron chi connectivity index (χ2n) is 4.10. The molecule has 2 N–H and O–H groups in total. The molecule has 0 fully saturated rings. The molecule has 2 aromatic rings. The van der Waals surface area contributed by atoms with E-state index in [2.05, 4.69) is 34.7 Å². The van der Waals surface area contributed by atoms with E-state index in [9.17, 15) is 0 Å². The lowest BCUT2D eigenvalue weighted by molar-refractivity contribution is 0.268. The molecule has 1 aromatic heterocycles. The normalized spacial score (nSPS) is 10.6. The van der Waals surface area contributed by atoms with E-state index in [0.29, 0.717) is 13.1 Å². The Hall–Kier alpha value is -1.88. The van der Waals surface area contributed by atoms with Crippen molar-refractivity contribution in [2.24, 2.45) is 0 Å². The van der Waals surface area contributed by atoms with Gasteiger partial charge < -0.3 is 10.4 Å². The zero-order valence-electron chi connectivity index (χ0n) is 10.5. The highest BCUT2D eigenvalue weighted by atomic mass is 16.3. The number of aromatic nitrogens is 3. The lowest BCUT2D eigenvalue weighted by Crippen LogP contribution is -2.02. The first-order valence-electron chi connectivity index (χ1n) is 6.14. The van der Waals surface area contributed by atoms with Gasteiger partial charge in [0.2, 0.25) is 0 Å². The van der Waals surface area contributed by atoms with Gasteiger partial charge in [0, 0.05) is 5.69 Å².